The largest absolute Gasteiger partial charge is 0.326 e. The normalized spacial score (nSPS) is 15.7. The lowest BCUT2D eigenvalue weighted by Crippen LogP contribution is -2.27. The van der Waals surface area contributed by atoms with Crippen molar-refractivity contribution in [2.75, 3.05) is 5.32 Å². The number of anilines is 1. The predicted octanol–water partition coefficient (Wildman–Crippen LogP) is 5.06. The Morgan fingerprint density at radius 2 is 1.73 bits per heavy atom. The highest BCUT2D eigenvalue weighted by atomic mass is 35.5. The summed E-state index contributed by atoms with van der Waals surface area (Å²) in [6.07, 6.45) is 0.416. The first-order chi connectivity index (χ1) is 15.9. The summed E-state index contributed by atoms with van der Waals surface area (Å²) in [5.74, 6) is -0.199. The Kier molecular flexibility index (Phi) is 5.56. The molecule has 2 N–H and O–H groups in total. The molecule has 0 saturated heterocycles. The topological polar surface area (TPSA) is 79.2 Å². The number of rotatable bonds is 4. The first-order valence-electron chi connectivity index (χ1n) is 10.6. The van der Waals surface area contributed by atoms with Gasteiger partial charge in [0.2, 0.25) is 5.91 Å². The van der Waals surface area contributed by atoms with Crippen LogP contribution in [0.25, 0.3) is 11.0 Å². The van der Waals surface area contributed by atoms with E-state index in [1.54, 1.807) is 34.9 Å². The standard InChI is InChI=1S/C25H20Cl2N4O2/c1-2-31-22-10-5-15(12-20(22)30-25(31)33)23-18-13-17(27)8-9-19(18)29-24(32)21(28-23)11-14-3-6-16(26)7-4-14/h3-10,12-13,21H,2,11H2,1H3,(H,29,32)(H,30,33)/t21-/m1/s1. The third-order valence-electron chi connectivity index (χ3n) is 5.79. The molecule has 1 aliphatic heterocycles. The minimum Gasteiger partial charge on any atom is -0.324 e. The lowest BCUT2D eigenvalue weighted by atomic mass is 9.99. The summed E-state index contributed by atoms with van der Waals surface area (Å²) in [6, 6.07) is 17.8. The number of nitrogens with zero attached hydrogens (tertiary/aromatic N) is 2. The number of aliphatic imine (C=N–C) groups is 1. The van der Waals surface area contributed by atoms with E-state index in [1.807, 2.05) is 37.3 Å². The number of aromatic amines is 1. The van der Waals surface area contributed by atoms with Crippen molar-refractivity contribution in [1.29, 1.82) is 0 Å². The number of imidazole rings is 1. The number of benzodiazepines with no additional fused rings is 1. The van der Waals surface area contributed by atoms with Crippen molar-refractivity contribution in [3.05, 3.63) is 97.9 Å². The number of H-pyrrole nitrogens is 1. The van der Waals surface area contributed by atoms with Gasteiger partial charge in [0.25, 0.3) is 0 Å². The molecule has 33 heavy (non-hydrogen) atoms. The van der Waals surface area contributed by atoms with Gasteiger partial charge >= 0.3 is 5.69 Å². The summed E-state index contributed by atoms with van der Waals surface area (Å²) in [6.45, 7) is 2.49. The molecule has 4 aromatic rings. The Bertz CT molecular complexity index is 1470. The maximum atomic E-state index is 13.1. The fourth-order valence-corrected chi connectivity index (χ4v) is 4.46. The lowest BCUT2D eigenvalue weighted by Gasteiger charge is -2.12. The number of amides is 1. The number of halogens is 2. The minimum atomic E-state index is -0.651. The fraction of sp³-hybridized carbons (Fsp3) is 0.160. The first kappa shape index (κ1) is 21.5. The van der Waals surface area contributed by atoms with Crippen LogP contribution in [0.2, 0.25) is 10.0 Å². The van der Waals surface area contributed by atoms with Crippen LogP contribution < -0.4 is 11.0 Å². The molecule has 166 valence electrons. The van der Waals surface area contributed by atoms with Crippen molar-refractivity contribution in [2.24, 2.45) is 4.99 Å². The van der Waals surface area contributed by atoms with Crippen LogP contribution in [0.1, 0.15) is 23.6 Å². The molecule has 2 heterocycles. The molecule has 0 radical (unpaired) electrons. The number of nitrogens with one attached hydrogen (secondary N) is 2. The second kappa shape index (κ2) is 8.54. The van der Waals surface area contributed by atoms with Crippen LogP contribution in [0.4, 0.5) is 5.69 Å². The van der Waals surface area contributed by atoms with E-state index in [0.717, 1.165) is 22.2 Å². The van der Waals surface area contributed by atoms with Crippen molar-refractivity contribution in [3.63, 3.8) is 0 Å². The number of benzene rings is 3. The average molecular weight is 479 g/mol. The van der Waals surface area contributed by atoms with Crippen molar-refractivity contribution < 1.29 is 4.79 Å². The fourth-order valence-electron chi connectivity index (χ4n) is 4.16. The molecule has 6 nitrogen and oxygen atoms in total. The third-order valence-corrected chi connectivity index (χ3v) is 6.28. The number of carbonyl (C=O) groups is 1. The van der Waals surface area contributed by atoms with E-state index < -0.39 is 6.04 Å². The van der Waals surface area contributed by atoms with E-state index in [0.29, 0.717) is 39.9 Å². The van der Waals surface area contributed by atoms with E-state index in [9.17, 15) is 9.59 Å². The number of aromatic nitrogens is 2. The van der Waals surface area contributed by atoms with Crippen LogP contribution in [0.5, 0.6) is 0 Å². The number of hydrogen-bond donors (Lipinski definition) is 2. The van der Waals surface area contributed by atoms with Gasteiger partial charge in [0.05, 0.1) is 22.4 Å². The van der Waals surface area contributed by atoms with E-state index in [2.05, 4.69) is 10.3 Å². The van der Waals surface area contributed by atoms with Gasteiger partial charge in [-0.1, -0.05) is 41.4 Å². The summed E-state index contributed by atoms with van der Waals surface area (Å²) in [7, 11) is 0. The van der Waals surface area contributed by atoms with Crippen LogP contribution in [0.15, 0.2) is 70.5 Å². The summed E-state index contributed by atoms with van der Waals surface area (Å²) >= 11 is 12.3. The molecule has 0 aliphatic carbocycles. The van der Waals surface area contributed by atoms with Gasteiger partial charge in [0.15, 0.2) is 0 Å². The van der Waals surface area contributed by atoms with Gasteiger partial charge < -0.3 is 10.3 Å². The summed E-state index contributed by atoms with van der Waals surface area (Å²) in [5, 5.41) is 4.17. The number of carbonyl (C=O) groups excluding carboxylic acids is 1. The zero-order chi connectivity index (χ0) is 23.1. The molecular formula is C25H20Cl2N4O2. The monoisotopic (exact) mass is 478 g/mol. The van der Waals surface area contributed by atoms with Crippen molar-refractivity contribution in [2.45, 2.75) is 25.9 Å². The van der Waals surface area contributed by atoms with Gasteiger partial charge in [-0.05, 0) is 55.0 Å². The zero-order valence-corrected chi connectivity index (χ0v) is 19.2. The highest BCUT2D eigenvalue weighted by Gasteiger charge is 2.26. The van der Waals surface area contributed by atoms with Gasteiger partial charge in [-0.25, -0.2) is 4.79 Å². The number of fused-ring (bicyclic) bond motifs is 2. The number of aryl methyl sites for hydroxylation is 1. The smallest absolute Gasteiger partial charge is 0.324 e. The zero-order valence-electron chi connectivity index (χ0n) is 17.7. The van der Waals surface area contributed by atoms with Crippen molar-refractivity contribution in [1.82, 2.24) is 9.55 Å². The second-order valence-corrected chi connectivity index (χ2v) is 8.78. The highest BCUT2D eigenvalue weighted by Crippen LogP contribution is 2.29. The first-order valence-corrected chi connectivity index (χ1v) is 11.3. The number of hydrogen-bond acceptors (Lipinski definition) is 3. The maximum absolute atomic E-state index is 13.1. The molecule has 5 rings (SSSR count). The average Bonchev–Trinajstić information content (AvgIpc) is 3.05. The van der Waals surface area contributed by atoms with Crippen molar-refractivity contribution in [3.8, 4) is 0 Å². The molecule has 0 bridgehead atoms. The van der Waals surface area contributed by atoms with Gasteiger partial charge in [0, 0.05) is 34.1 Å². The van der Waals surface area contributed by atoms with Gasteiger partial charge in [-0.15, -0.1) is 0 Å². The summed E-state index contributed by atoms with van der Waals surface area (Å²) < 4.78 is 1.67. The van der Waals surface area contributed by atoms with Crippen LogP contribution in [-0.2, 0) is 17.8 Å². The molecule has 3 aromatic carbocycles. The quantitative estimate of drug-likeness (QED) is 0.429. The Labute approximate surface area is 199 Å². The molecule has 0 fully saturated rings. The lowest BCUT2D eigenvalue weighted by molar-refractivity contribution is -0.117. The molecule has 1 atom stereocenters. The maximum Gasteiger partial charge on any atom is 0.326 e. The Balaban J connectivity index is 1.66. The van der Waals surface area contributed by atoms with Gasteiger partial charge in [-0.2, -0.15) is 0 Å². The Morgan fingerprint density at radius 1 is 0.970 bits per heavy atom. The third kappa shape index (κ3) is 4.08. The molecule has 0 spiro atoms. The predicted molar refractivity (Wildman–Crippen MR) is 133 cm³/mol. The molecule has 1 aliphatic rings. The molecular weight excluding hydrogens is 459 g/mol. The van der Waals surface area contributed by atoms with Crippen LogP contribution in [0, 0.1) is 0 Å². The molecule has 1 amide bonds. The Hall–Kier alpha value is -3.35. The van der Waals surface area contributed by atoms with Crippen LogP contribution >= 0.6 is 23.2 Å². The van der Waals surface area contributed by atoms with Crippen molar-refractivity contribution >= 4 is 51.5 Å². The van der Waals surface area contributed by atoms with Crippen LogP contribution in [-0.4, -0.2) is 27.2 Å². The summed E-state index contributed by atoms with van der Waals surface area (Å²) in [4.78, 5) is 33.2. The molecule has 0 unspecified atom stereocenters. The van der Waals surface area contributed by atoms with Crippen LogP contribution in [0.3, 0.4) is 0 Å². The van der Waals surface area contributed by atoms with E-state index in [4.69, 9.17) is 28.2 Å². The van der Waals surface area contributed by atoms with E-state index >= 15 is 0 Å². The highest BCUT2D eigenvalue weighted by molar-refractivity contribution is 6.32. The van der Waals surface area contributed by atoms with E-state index in [-0.39, 0.29) is 11.6 Å². The molecule has 8 heteroatoms. The SMILES string of the molecule is CCn1c(=O)[nH]c2cc(C3=N[C@H](Cc4ccc(Cl)cc4)C(=O)Nc4ccc(Cl)cc43)ccc21. The van der Waals surface area contributed by atoms with Gasteiger partial charge in [0.1, 0.15) is 6.04 Å². The second-order valence-electron chi connectivity index (χ2n) is 7.91. The van der Waals surface area contributed by atoms with Gasteiger partial charge in [-0.3, -0.25) is 14.4 Å². The summed E-state index contributed by atoms with van der Waals surface area (Å²) in [5.41, 5.74) is 5.11. The van der Waals surface area contributed by atoms with E-state index in [1.165, 1.54) is 0 Å². The Morgan fingerprint density at radius 3 is 2.48 bits per heavy atom. The minimum absolute atomic E-state index is 0.159. The molecule has 0 saturated carbocycles. The molecule has 1 aromatic heterocycles.